The number of aromatic nitrogens is 5. The molecule has 2 atom stereocenters. The van der Waals surface area contributed by atoms with Gasteiger partial charge in [-0.1, -0.05) is 44.2 Å². The standard InChI is InChI=1S/C29H40N8O3/c1-20(2)27-28-31-21(3)34-37(28)18-17-36(26(39)12-15-35-16-13-30-22(35)4)14-8-11-25(38)32-24(29(40)33-27)19-23-9-6-5-7-10-23/h5-7,9-10,13,16,20,24,27H,8,11-12,14-15,17-19H2,1-4H3,(H,32,38)(H,33,40)/t24-,27+/m0/s1. The first-order valence-electron chi connectivity index (χ1n) is 14.0. The van der Waals surface area contributed by atoms with Gasteiger partial charge in [-0.05, 0) is 31.7 Å². The molecule has 3 amide bonds. The maximum atomic E-state index is 13.6. The van der Waals surface area contributed by atoms with Crippen LogP contribution in [-0.4, -0.2) is 66.1 Å². The molecule has 0 aliphatic carbocycles. The lowest BCUT2D eigenvalue weighted by Gasteiger charge is -2.28. The van der Waals surface area contributed by atoms with E-state index >= 15 is 0 Å². The van der Waals surface area contributed by atoms with Crippen LogP contribution >= 0.6 is 0 Å². The molecular formula is C29H40N8O3. The second-order valence-corrected chi connectivity index (χ2v) is 10.7. The molecule has 3 aromatic rings. The largest absolute Gasteiger partial charge is 0.344 e. The lowest BCUT2D eigenvalue weighted by atomic mass is 10.0. The molecule has 0 saturated heterocycles. The van der Waals surface area contributed by atoms with Gasteiger partial charge in [0.25, 0.3) is 0 Å². The average molecular weight is 549 g/mol. The Hall–Kier alpha value is -4.02. The molecule has 1 aliphatic rings. The molecule has 1 aromatic carbocycles. The van der Waals surface area contributed by atoms with Gasteiger partial charge < -0.3 is 20.1 Å². The van der Waals surface area contributed by atoms with Gasteiger partial charge in [0.15, 0.2) is 0 Å². The van der Waals surface area contributed by atoms with Crippen LogP contribution in [0.15, 0.2) is 42.7 Å². The van der Waals surface area contributed by atoms with E-state index in [1.807, 2.05) is 68.8 Å². The minimum atomic E-state index is -0.743. The summed E-state index contributed by atoms with van der Waals surface area (Å²) in [4.78, 5) is 50.5. The Labute approximate surface area is 235 Å². The van der Waals surface area contributed by atoms with Crippen LogP contribution in [0, 0.1) is 19.8 Å². The van der Waals surface area contributed by atoms with E-state index in [-0.39, 0.29) is 30.1 Å². The van der Waals surface area contributed by atoms with Crippen molar-refractivity contribution in [3.05, 3.63) is 65.8 Å². The minimum Gasteiger partial charge on any atom is -0.344 e. The van der Waals surface area contributed by atoms with E-state index in [2.05, 4.69) is 25.7 Å². The highest BCUT2D eigenvalue weighted by Gasteiger charge is 2.30. The van der Waals surface area contributed by atoms with E-state index in [4.69, 9.17) is 0 Å². The highest BCUT2D eigenvalue weighted by molar-refractivity contribution is 5.88. The van der Waals surface area contributed by atoms with Crippen LogP contribution in [-0.2, 0) is 33.9 Å². The summed E-state index contributed by atoms with van der Waals surface area (Å²) in [5, 5.41) is 10.7. The number of nitrogens with one attached hydrogen (secondary N) is 2. The van der Waals surface area contributed by atoms with E-state index in [0.717, 1.165) is 11.4 Å². The molecule has 11 heteroatoms. The summed E-state index contributed by atoms with van der Waals surface area (Å²) in [7, 11) is 0. The van der Waals surface area contributed by atoms with Crippen LogP contribution in [0.4, 0.5) is 0 Å². The minimum absolute atomic E-state index is 0.00894. The summed E-state index contributed by atoms with van der Waals surface area (Å²) >= 11 is 0. The third-order valence-electron chi connectivity index (χ3n) is 7.24. The zero-order valence-corrected chi connectivity index (χ0v) is 23.8. The zero-order valence-electron chi connectivity index (χ0n) is 23.8. The van der Waals surface area contributed by atoms with Crippen LogP contribution in [0.2, 0.25) is 0 Å². The molecule has 4 rings (SSSR count). The Morgan fingerprint density at radius 1 is 1.07 bits per heavy atom. The topological polar surface area (TPSA) is 127 Å². The van der Waals surface area contributed by atoms with Crippen LogP contribution in [0.25, 0.3) is 0 Å². The number of imidazole rings is 1. The predicted octanol–water partition coefficient (Wildman–Crippen LogP) is 2.34. The molecule has 0 spiro atoms. The first kappa shape index (κ1) is 29.0. The van der Waals surface area contributed by atoms with Crippen LogP contribution in [0.1, 0.15) is 62.2 Å². The lowest BCUT2D eigenvalue weighted by Crippen LogP contribution is -2.50. The third-order valence-corrected chi connectivity index (χ3v) is 7.24. The van der Waals surface area contributed by atoms with E-state index in [0.29, 0.717) is 57.1 Å². The summed E-state index contributed by atoms with van der Waals surface area (Å²) in [5.74, 6) is 1.66. The summed E-state index contributed by atoms with van der Waals surface area (Å²) < 4.78 is 3.76. The van der Waals surface area contributed by atoms with Crippen LogP contribution in [0.3, 0.4) is 0 Å². The normalized spacial score (nSPS) is 19.1. The van der Waals surface area contributed by atoms with Gasteiger partial charge in [0.1, 0.15) is 23.5 Å². The first-order chi connectivity index (χ1) is 19.2. The monoisotopic (exact) mass is 548 g/mol. The van der Waals surface area contributed by atoms with Gasteiger partial charge in [-0.25, -0.2) is 14.6 Å². The van der Waals surface area contributed by atoms with Gasteiger partial charge in [-0.2, -0.15) is 5.10 Å². The molecule has 0 fully saturated rings. The van der Waals surface area contributed by atoms with Gasteiger partial charge in [0.2, 0.25) is 17.7 Å². The van der Waals surface area contributed by atoms with E-state index in [1.54, 1.807) is 15.8 Å². The number of amides is 3. The predicted molar refractivity (Wildman–Crippen MR) is 150 cm³/mol. The van der Waals surface area contributed by atoms with E-state index < -0.39 is 12.1 Å². The Kier molecular flexibility index (Phi) is 9.68. The van der Waals surface area contributed by atoms with Crippen molar-refractivity contribution < 1.29 is 14.4 Å². The van der Waals surface area contributed by atoms with Crippen molar-refractivity contribution in [1.29, 1.82) is 0 Å². The molecule has 3 heterocycles. The van der Waals surface area contributed by atoms with Crippen LogP contribution < -0.4 is 10.6 Å². The van der Waals surface area contributed by atoms with Gasteiger partial charge >= 0.3 is 0 Å². The van der Waals surface area contributed by atoms with Crippen molar-refractivity contribution in [1.82, 2.24) is 39.8 Å². The second-order valence-electron chi connectivity index (χ2n) is 10.7. The Morgan fingerprint density at radius 2 is 1.85 bits per heavy atom. The fourth-order valence-electron chi connectivity index (χ4n) is 5.00. The van der Waals surface area contributed by atoms with Crippen molar-refractivity contribution in [3.63, 3.8) is 0 Å². The molecule has 0 radical (unpaired) electrons. The number of carbonyl (C=O) groups is 3. The Bertz CT molecular complexity index is 1300. The molecule has 2 aromatic heterocycles. The number of fused-ring (bicyclic) bond motifs is 1. The van der Waals surface area contributed by atoms with Crippen molar-refractivity contribution >= 4 is 17.7 Å². The zero-order chi connectivity index (χ0) is 28.6. The number of rotatable bonds is 6. The van der Waals surface area contributed by atoms with Gasteiger partial charge in [0, 0.05) is 51.3 Å². The number of hydrogen-bond acceptors (Lipinski definition) is 6. The number of carbonyl (C=O) groups excluding carboxylic acids is 3. The molecule has 1 aliphatic heterocycles. The van der Waals surface area contributed by atoms with E-state index in [9.17, 15) is 14.4 Å². The molecular weight excluding hydrogens is 508 g/mol. The fourth-order valence-corrected chi connectivity index (χ4v) is 5.00. The van der Waals surface area contributed by atoms with Crippen molar-refractivity contribution in [2.75, 3.05) is 13.1 Å². The highest BCUT2D eigenvalue weighted by atomic mass is 16.2. The van der Waals surface area contributed by atoms with Crippen molar-refractivity contribution in [2.24, 2.45) is 5.92 Å². The SMILES string of the molecule is Cc1nc2n(n1)CCN(C(=O)CCn1ccnc1C)CCCC(=O)N[C@@H](Cc1ccccc1)C(=O)N[C@@H]2C(C)C. The van der Waals surface area contributed by atoms with Gasteiger partial charge in [-0.15, -0.1) is 0 Å². The Morgan fingerprint density at radius 3 is 2.55 bits per heavy atom. The fraction of sp³-hybridized carbons (Fsp3) is 0.517. The molecule has 214 valence electrons. The summed E-state index contributed by atoms with van der Waals surface area (Å²) in [6.45, 7) is 9.59. The van der Waals surface area contributed by atoms with Crippen LogP contribution in [0.5, 0.6) is 0 Å². The molecule has 40 heavy (non-hydrogen) atoms. The third kappa shape index (κ3) is 7.55. The first-order valence-corrected chi connectivity index (χ1v) is 14.0. The number of aryl methyl sites for hydroxylation is 3. The van der Waals surface area contributed by atoms with Crippen molar-refractivity contribution in [3.8, 4) is 0 Å². The maximum Gasteiger partial charge on any atom is 0.243 e. The van der Waals surface area contributed by atoms with Crippen molar-refractivity contribution in [2.45, 2.75) is 78.6 Å². The van der Waals surface area contributed by atoms with Gasteiger partial charge in [0.05, 0.1) is 12.6 Å². The lowest BCUT2D eigenvalue weighted by molar-refractivity contribution is -0.132. The number of hydrogen-bond donors (Lipinski definition) is 2. The highest BCUT2D eigenvalue weighted by Crippen LogP contribution is 2.21. The second kappa shape index (κ2) is 13.4. The Balaban J connectivity index is 1.58. The molecule has 0 saturated carbocycles. The maximum absolute atomic E-state index is 13.6. The molecule has 0 unspecified atom stereocenters. The number of nitrogens with zero attached hydrogens (tertiary/aromatic N) is 6. The molecule has 0 bridgehead atoms. The summed E-state index contributed by atoms with van der Waals surface area (Å²) in [6.07, 6.45) is 4.99. The molecule has 2 N–H and O–H groups in total. The number of benzene rings is 1. The summed E-state index contributed by atoms with van der Waals surface area (Å²) in [6, 6.07) is 8.48. The van der Waals surface area contributed by atoms with E-state index in [1.165, 1.54) is 0 Å². The quantitative estimate of drug-likeness (QED) is 0.487. The summed E-state index contributed by atoms with van der Waals surface area (Å²) in [5.41, 5.74) is 0.953. The molecule has 11 nitrogen and oxygen atoms in total. The van der Waals surface area contributed by atoms with Gasteiger partial charge in [-0.3, -0.25) is 14.4 Å². The average Bonchev–Trinajstić information content (AvgIpc) is 3.51. The smallest absolute Gasteiger partial charge is 0.243 e.